The van der Waals surface area contributed by atoms with Gasteiger partial charge in [0, 0.05) is 6.42 Å². The Balaban J connectivity index is 0.00000162. The predicted octanol–water partition coefficient (Wildman–Crippen LogP) is 2.20. The number of esters is 1. The molecule has 2 rings (SSSR count). The maximum Gasteiger partial charge on any atom is 0.350 e. The van der Waals surface area contributed by atoms with Crippen molar-refractivity contribution in [2.24, 2.45) is 5.92 Å². The van der Waals surface area contributed by atoms with Crippen LogP contribution in [0.4, 0.5) is 0 Å². The van der Waals surface area contributed by atoms with Gasteiger partial charge in [-0.2, -0.15) is 0 Å². The van der Waals surface area contributed by atoms with Crippen LogP contribution in [0.15, 0.2) is 0 Å². The van der Waals surface area contributed by atoms with Crippen LogP contribution in [0.25, 0.3) is 0 Å². The number of carbonyl (C=O) groups is 1. The molecule has 2 heterocycles. The van der Waals surface area contributed by atoms with E-state index in [0.29, 0.717) is 17.4 Å². The number of nitrogens with one attached hydrogen (secondary N) is 1. The van der Waals surface area contributed by atoms with Crippen molar-refractivity contribution in [2.45, 2.75) is 26.7 Å². The highest BCUT2D eigenvalue weighted by atomic mass is 35.5. The highest BCUT2D eigenvalue weighted by Gasteiger charge is 2.20. The molecule has 0 radical (unpaired) electrons. The number of carbonyl (C=O) groups excluding carboxylic acids is 1. The lowest BCUT2D eigenvalue weighted by Crippen LogP contribution is -2.10. The number of aromatic nitrogens is 1. The van der Waals surface area contributed by atoms with Gasteiger partial charge < -0.3 is 10.1 Å². The summed E-state index contributed by atoms with van der Waals surface area (Å²) < 4.78 is 5.01. The van der Waals surface area contributed by atoms with Crippen LogP contribution in [-0.2, 0) is 11.2 Å². The van der Waals surface area contributed by atoms with Gasteiger partial charge in [0.1, 0.15) is 4.88 Å². The summed E-state index contributed by atoms with van der Waals surface area (Å²) in [5.74, 6) is 0.425. The Hall–Kier alpha value is -0.650. The molecule has 1 aliphatic rings. The summed E-state index contributed by atoms with van der Waals surface area (Å²) in [5.41, 5.74) is 0.800. The van der Waals surface area contributed by atoms with Crippen LogP contribution in [0, 0.1) is 12.8 Å². The molecule has 1 atom stereocenters. The van der Waals surface area contributed by atoms with Gasteiger partial charge in [-0.15, -0.1) is 23.7 Å². The third-order valence-electron chi connectivity index (χ3n) is 2.93. The zero-order chi connectivity index (χ0) is 12.3. The highest BCUT2D eigenvalue weighted by Crippen LogP contribution is 2.23. The molecule has 0 saturated carbocycles. The second-order valence-corrected chi connectivity index (χ2v) is 5.39. The van der Waals surface area contributed by atoms with Crippen molar-refractivity contribution in [1.82, 2.24) is 10.3 Å². The average molecular weight is 291 g/mol. The summed E-state index contributed by atoms with van der Waals surface area (Å²) in [6.45, 7) is 6.27. The molecule has 1 aromatic heterocycles. The van der Waals surface area contributed by atoms with Crippen molar-refractivity contribution in [3.63, 3.8) is 0 Å². The number of thiazole rings is 1. The summed E-state index contributed by atoms with van der Waals surface area (Å²) in [7, 11) is 0. The standard InChI is InChI=1S/C12H18N2O2S.ClH/c1-3-16-12(15)11-8(2)14-10(17-11)6-9-4-5-13-7-9;/h9,13H,3-7H2,1-2H3;1H. The summed E-state index contributed by atoms with van der Waals surface area (Å²) >= 11 is 1.48. The molecule has 1 saturated heterocycles. The highest BCUT2D eigenvalue weighted by molar-refractivity contribution is 7.13. The van der Waals surface area contributed by atoms with Crippen LogP contribution in [0.5, 0.6) is 0 Å². The van der Waals surface area contributed by atoms with Gasteiger partial charge in [0.25, 0.3) is 0 Å². The molecule has 0 amide bonds. The van der Waals surface area contributed by atoms with E-state index in [9.17, 15) is 4.79 Å². The number of hydrogen-bond donors (Lipinski definition) is 1. The van der Waals surface area contributed by atoms with Gasteiger partial charge in [-0.25, -0.2) is 9.78 Å². The molecule has 102 valence electrons. The molecule has 1 unspecified atom stereocenters. The molecule has 1 aromatic rings. The summed E-state index contributed by atoms with van der Waals surface area (Å²) in [4.78, 5) is 16.8. The lowest BCUT2D eigenvalue weighted by atomic mass is 10.1. The van der Waals surface area contributed by atoms with E-state index < -0.39 is 0 Å². The SMILES string of the molecule is CCOC(=O)c1sc(CC2CCNC2)nc1C.Cl. The average Bonchev–Trinajstić information content (AvgIpc) is 2.89. The van der Waals surface area contributed by atoms with Gasteiger partial charge in [-0.05, 0) is 39.3 Å². The number of aryl methyl sites for hydroxylation is 1. The molecule has 6 heteroatoms. The summed E-state index contributed by atoms with van der Waals surface area (Å²) in [5, 5.41) is 4.40. The molecule has 1 fully saturated rings. The Labute approximate surface area is 118 Å². The summed E-state index contributed by atoms with van der Waals surface area (Å²) in [6, 6.07) is 0. The van der Waals surface area contributed by atoms with Gasteiger partial charge in [-0.3, -0.25) is 0 Å². The zero-order valence-electron chi connectivity index (χ0n) is 10.7. The minimum atomic E-state index is -0.238. The van der Waals surface area contributed by atoms with Crippen LogP contribution in [-0.4, -0.2) is 30.6 Å². The monoisotopic (exact) mass is 290 g/mol. The van der Waals surface area contributed by atoms with E-state index in [0.717, 1.165) is 30.2 Å². The molecule has 1 N–H and O–H groups in total. The van der Waals surface area contributed by atoms with Crippen molar-refractivity contribution < 1.29 is 9.53 Å². The van der Waals surface area contributed by atoms with Gasteiger partial charge >= 0.3 is 5.97 Å². The number of hydrogen-bond acceptors (Lipinski definition) is 5. The number of ether oxygens (including phenoxy) is 1. The van der Waals surface area contributed by atoms with Crippen molar-refractivity contribution >= 4 is 29.7 Å². The third-order valence-corrected chi connectivity index (χ3v) is 4.09. The Morgan fingerprint density at radius 3 is 3.00 bits per heavy atom. The fourth-order valence-corrected chi connectivity index (χ4v) is 3.13. The van der Waals surface area contributed by atoms with E-state index in [-0.39, 0.29) is 18.4 Å². The van der Waals surface area contributed by atoms with Gasteiger partial charge in [0.15, 0.2) is 0 Å². The molecule has 1 aliphatic heterocycles. The van der Waals surface area contributed by atoms with Crippen molar-refractivity contribution in [3.05, 3.63) is 15.6 Å². The van der Waals surface area contributed by atoms with E-state index in [4.69, 9.17) is 4.74 Å². The lowest BCUT2D eigenvalue weighted by molar-refractivity contribution is 0.0531. The normalized spacial score (nSPS) is 18.4. The van der Waals surface area contributed by atoms with E-state index in [2.05, 4.69) is 10.3 Å². The van der Waals surface area contributed by atoms with Crippen molar-refractivity contribution in [3.8, 4) is 0 Å². The molecule has 0 aromatic carbocycles. The topological polar surface area (TPSA) is 51.2 Å². The minimum Gasteiger partial charge on any atom is -0.462 e. The Kier molecular flexibility index (Phi) is 6.05. The zero-order valence-corrected chi connectivity index (χ0v) is 12.3. The smallest absolute Gasteiger partial charge is 0.350 e. The Morgan fingerprint density at radius 2 is 2.39 bits per heavy atom. The first-order valence-electron chi connectivity index (χ1n) is 6.04. The molecule has 0 spiro atoms. The lowest BCUT2D eigenvalue weighted by Gasteiger charge is -2.03. The maximum atomic E-state index is 11.7. The predicted molar refractivity (Wildman–Crippen MR) is 74.7 cm³/mol. The second-order valence-electron chi connectivity index (χ2n) is 4.31. The van der Waals surface area contributed by atoms with Crippen LogP contribution < -0.4 is 5.32 Å². The van der Waals surface area contributed by atoms with E-state index in [1.807, 2.05) is 13.8 Å². The Morgan fingerprint density at radius 1 is 1.61 bits per heavy atom. The van der Waals surface area contributed by atoms with Crippen LogP contribution in [0.2, 0.25) is 0 Å². The van der Waals surface area contributed by atoms with E-state index >= 15 is 0 Å². The molecular formula is C12H19ClN2O2S. The van der Waals surface area contributed by atoms with Crippen LogP contribution in [0.3, 0.4) is 0 Å². The van der Waals surface area contributed by atoms with Crippen molar-refractivity contribution in [2.75, 3.05) is 19.7 Å². The molecular weight excluding hydrogens is 272 g/mol. The van der Waals surface area contributed by atoms with Crippen LogP contribution in [0.1, 0.15) is 33.7 Å². The molecule has 4 nitrogen and oxygen atoms in total. The van der Waals surface area contributed by atoms with Crippen LogP contribution >= 0.6 is 23.7 Å². The van der Waals surface area contributed by atoms with Gasteiger partial charge in [-0.1, -0.05) is 0 Å². The van der Waals surface area contributed by atoms with Crippen molar-refractivity contribution in [1.29, 1.82) is 0 Å². The van der Waals surface area contributed by atoms with Gasteiger partial charge in [0.05, 0.1) is 17.3 Å². The summed E-state index contributed by atoms with van der Waals surface area (Å²) in [6.07, 6.45) is 2.17. The Bertz CT molecular complexity index is 403. The first-order valence-corrected chi connectivity index (χ1v) is 6.86. The van der Waals surface area contributed by atoms with E-state index in [1.165, 1.54) is 17.8 Å². The molecule has 0 aliphatic carbocycles. The first kappa shape index (κ1) is 15.4. The number of rotatable bonds is 4. The number of halogens is 1. The number of nitrogens with zero attached hydrogens (tertiary/aromatic N) is 1. The second kappa shape index (κ2) is 7.07. The molecule has 0 bridgehead atoms. The molecule has 18 heavy (non-hydrogen) atoms. The van der Waals surface area contributed by atoms with E-state index in [1.54, 1.807) is 0 Å². The fraction of sp³-hybridized carbons (Fsp3) is 0.667. The maximum absolute atomic E-state index is 11.7. The minimum absolute atomic E-state index is 0. The first-order chi connectivity index (χ1) is 8.20. The third kappa shape index (κ3) is 3.67. The fourth-order valence-electron chi connectivity index (χ4n) is 2.06. The van der Waals surface area contributed by atoms with Gasteiger partial charge in [0.2, 0.25) is 0 Å². The quantitative estimate of drug-likeness (QED) is 0.864. The largest absolute Gasteiger partial charge is 0.462 e.